The van der Waals surface area contributed by atoms with Crippen LogP contribution in [0.4, 0.5) is 0 Å². The predicted octanol–water partition coefficient (Wildman–Crippen LogP) is 2.57. The summed E-state index contributed by atoms with van der Waals surface area (Å²) >= 11 is 0. The normalized spacial score (nSPS) is 16.7. The second-order valence-corrected chi connectivity index (χ2v) is 6.88. The Labute approximate surface area is 159 Å². The fraction of sp³-hybridized carbons (Fsp3) is 0.381. The number of piperidine rings is 1. The van der Waals surface area contributed by atoms with E-state index < -0.39 is 0 Å². The fourth-order valence-electron chi connectivity index (χ4n) is 3.26. The van der Waals surface area contributed by atoms with Crippen LogP contribution in [0.5, 0.6) is 5.88 Å². The average Bonchev–Trinajstić information content (AvgIpc) is 2.72. The van der Waals surface area contributed by atoms with Gasteiger partial charge in [-0.15, -0.1) is 0 Å². The summed E-state index contributed by atoms with van der Waals surface area (Å²) < 4.78 is 5.10. The summed E-state index contributed by atoms with van der Waals surface area (Å²) in [5.41, 5.74) is 2.72. The molecule has 1 unspecified atom stereocenters. The van der Waals surface area contributed by atoms with E-state index in [1.165, 1.54) is 0 Å². The monoisotopic (exact) mass is 367 g/mol. The lowest BCUT2D eigenvalue weighted by Crippen LogP contribution is -2.45. The lowest BCUT2D eigenvalue weighted by molar-refractivity contribution is -0.126. The summed E-state index contributed by atoms with van der Waals surface area (Å²) in [6, 6.07) is 11.2. The minimum absolute atomic E-state index is 0.00799. The van der Waals surface area contributed by atoms with Crippen LogP contribution in [-0.2, 0) is 11.3 Å². The van der Waals surface area contributed by atoms with E-state index in [4.69, 9.17) is 4.74 Å². The van der Waals surface area contributed by atoms with Crippen molar-refractivity contribution in [2.24, 2.45) is 5.92 Å². The molecule has 0 bridgehead atoms. The minimum Gasteiger partial charge on any atom is -0.481 e. The Bertz CT molecular complexity index is 805. The van der Waals surface area contributed by atoms with Gasteiger partial charge in [0.25, 0.3) is 5.91 Å². The van der Waals surface area contributed by atoms with Gasteiger partial charge in [0.05, 0.1) is 13.0 Å². The van der Waals surface area contributed by atoms with Gasteiger partial charge >= 0.3 is 0 Å². The van der Waals surface area contributed by atoms with Gasteiger partial charge in [-0.3, -0.25) is 9.59 Å². The molecular weight excluding hydrogens is 342 g/mol. The van der Waals surface area contributed by atoms with E-state index in [1.807, 2.05) is 37.3 Å². The Kier molecular flexibility index (Phi) is 6.06. The molecule has 6 heteroatoms. The number of rotatable bonds is 5. The van der Waals surface area contributed by atoms with Gasteiger partial charge in [0.15, 0.2) is 0 Å². The number of hydrogen-bond donors (Lipinski definition) is 1. The van der Waals surface area contributed by atoms with Crippen LogP contribution in [0.15, 0.2) is 42.6 Å². The standard InChI is InChI=1S/C21H25N3O3/c1-15-5-7-17(8-6-15)21(26)24-11-3-4-18(14-24)20(25)23-13-16-9-10-22-19(12-16)27-2/h5-10,12,18H,3-4,11,13-14H2,1-2H3,(H,23,25). The van der Waals surface area contributed by atoms with Crippen molar-refractivity contribution in [2.45, 2.75) is 26.3 Å². The molecule has 2 aromatic rings. The molecule has 1 atom stereocenters. The number of benzene rings is 1. The van der Waals surface area contributed by atoms with Crippen molar-refractivity contribution in [1.29, 1.82) is 0 Å². The Morgan fingerprint density at radius 2 is 2.04 bits per heavy atom. The zero-order valence-electron chi connectivity index (χ0n) is 15.8. The van der Waals surface area contributed by atoms with Crippen molar-refractivity contribution in [3.8, 4) is 5.88 Å². The van der Waals surface area contributed by atoms with E-state index in [2.05, 4.69) is 10.3 Å². The molecule has 1 saturated heterocycles. The van der Waals surface area contributed by atoms with Gasteiger partial charge in [0.1, 0.15) is 0 Å². The van der Waals surface area contributed by atoms with Gasteiger partial charge in [-0.2, -0.15) is 0 Å². The van der Waals surface area contributed by atoms with Crippen molar-refractivity contribution >= 4 is 11.8 Å². The Balaban J connectivity index is 1.57. The molecule has 1 aliphatic rings. The van der Waals surface area contributed by atoms with Crippen LogP contribution in [0.2, 0.25) is 0 Å². The van der Waals surface area contributed by atoms with E-state index in [0.717, 1.165) is 24.0 Å². The highest BCUT2D eigenvalue weighted by atomic mass is 16.5. The number of likely N-dealkylation sites (tertiary alicyclic amines) is 1. The minimum atomic E-state index is -0.183. The van der Waals surface area contributed by atoms with E-state index in [-0.39, 0.29) is 17.7 Å². The average molecular weight is 367 g/mol. The first-order valence-electron chi connectivity index (χ1n) is 9.19. The number of hydrogen-bond acceptors (Lipinski definition) is 4. The molecule has 1 N–H and O–H groups in total. The van der Waals surface area contributed by atoms with Crippen molar-refractivity contribution in [2.75, 3.05) is 20.2 Å². The lowest BCUT2D eigenvalue weighted by atomic mass is 9.96. The Morgan fingerprint density at radius 1 is 1.26 bits per heavy atom. The molecule has 0 spiro atoms. The highest BCUT2D eigenvalue weighted by Crippen LogP contribution is 2.19. The first kappa shape index (κ1) is 18.9. The molecule has 142 valence electrons. The van der Waals surface area contributed by atoms with Gasteiger partial charge in [-0.25, -0.2) is 4.98 Å². The molecule has 1 fully saturated rings. The predicted molar refractivity (Wildman–Crippen MR) is 102 cm³/mol. The second kappa shape index (κ2) is 8.66. The van der Waals surface area contributed by atoms with Crippen LogP contribution >= 0.6 is 0 Å². The highest BCUT2D eigenvalue weighted by molar-refractivity contribution is 5.94. The summed E-state index contributed by atoms with van der Waals surface area (Å²) in [7, 11) is 1.56. The van der Waals surface area contributed by atoms with E-state index in [9.17, 15) is 9.59 Å². The van der Waals surface area contributed by atoms with Gasteiger partial charge in [-0.05, 0) is 43.5 Å². The SMILES string of the molecule is COc1cc(CNC(=O)C2CCCN(C(=O)c3ccc(C)cc3)C2)ccn1. The summed E-state index contributed by atoms with van der Waals surface area (Å²) in [5.74, 6) is 0.310. The van der Waals surface area contributed by atoms with Crippen LogP contribution in [0.1, 0.15) is 34.3 Å². The lowest BCUT2D eigenvalue weighted by Gasteiger charge is -2.32. The van der Waals surface area contributed by atoms with Crippen molar-refractivity contribution in [3.63, 3.8) is 0 Å². The number of nitrogens with one attached hydrogen (secondary N) is 1. The number of nitrogens with zero attached hydrogens (tertiary/aromatic N) is 2. The number of methoxy groups -OCH3 is 1. The van der Waals surface area contributed by atoms with E-state index in [0.29, 0.717) is 31.1 Å². The van der Waals surface area contributed by atoms with Crippen molar-refractivity contribution in [1.82, 2.24) is 15.2 Å². The number of carbonyl (C=O) groups excluding carboxylic acids is 2. The first-order chi connectivity index (χ1) is 13.1. The summed E-state index contributed by atoms with van der Waals surface area (Å²) in [6.07, 6.45) is 3.28. The summed E-state index contributed by atoms with van der Waals surface area (Å²) in [5, 5.41) is 2.97. The van der Waals surface area contributed by atoms with Crippen LogP contribution in [-0.4, -0.2) is 41.9 Å². The van der Waals surface area contributed by atoms with Crippen molar-refractivity contribution < 1.29 is 14.3 Å². The third-order valence-electron chi connectivity index (χ3n) is 4.85. The third-order valence-corrected chi connectivity index (χ3v) is 4.85. The third kappa shape index (κ3) is 4.84. The topological polar surface area (TPSA) is 71.5 Å². The quantitative estimate of drug-likeness (QED) is 0.882. The zero-order chi connectivity index (χ0) is 19.2. The van der Waals surface area contributed by atoms with Gasteiger partial charge in [0, 0.05) is 37.5 Å². The molecule has 0 radical (unpaired) electrons. The van der Waals surface area contributed by atoms with Gasteiger partial charge in [0.2, 0.25) is 11.8 Å². The molecule has 2 amide bonds. The number of carbonyl (C=O) groups is 2. The number of aromatic nitrogens is 1. The molecule has 6 nitrogen and oxygen atoms in total. The Morgan fingerprint density at radius 3 is 2.78 bits per heavy atom. The summed E-state index contributed by atoms with van der Waals surface area (Å²) in [6.45, 7) is 3.56. The van der Waals surface area contributed by atoms with Crippen LogP contribution in [0, 0.1) is 12.8 Å². The van der Waals surface area contributed by atoms with Crippen LogP contribution in [0.25, 0.3) is 0 Å². The fourth-order valence-corrected chi connectivity index (χ4v) is 3.26. The number of aryl methyl sites for hydroxylation is 1. The maximum absolute atomic E-state index is 12.7. The number of ether oxygens (including phenoxy) is 1. The maximum atomic E-state index is 12.7. The zero-order valence-corrected chi connectivity index (χ0v) is 15.8. The molecule has 3 rings (SSSR count). The molecule has 0 aliphatic carbocycles. The maximum Gasteiger partial charge on any atom is 0.253 e. The van der Waals surface area contributed by atoms with Crippen LogP contribution in [0.3, 0.4) is 0 Å². The number of amides is 2. The molecule has 1 aliphatic heterocycles. The largest absolute Gasteiger partial charge is 0.481 e. The Hall–Kier alpha value is -2.89. The van der Waals surface area contributed by atoms with E-state index in [1.54, 1.807) is 24.3 Å². The molecule has 2 heterocycles. The number of pyridine rings is 1. The first-order valence-corrected chi connectivity index (χ1v) is 9.19. The smallest absolute Gasteiger partial charge is 0.253 e. The highest BCUT2D eigenvalue weighted by Gasteiger charge is 2.28. The van der Waals surface area contributed by atoms with Gasteiger partial charge in [-0.1, -0.05) is 17.7 Å². The van der Waals surface area contributed by atoms with Crippen molar-refractivity contribution in [3.05, 3.63) is 59.3 Å². The van der Waals surface area contributed by atoms with Crippen LogP contribution < -0.4 is 10.1 Å². The molecule has 0 saturated carbocycles. The molecule has 27 heavy (non-hydrogen) atoms. The second-order valence-electron chi connectivity index (χ2n) is 6.88. The van der Waals surface area contributed by atoms with Gasteiger partial charge < -0.3 is 15.0 Å². The molecular formula is C21H25N3O3. The molecule has 1 aromatic carbocycles. The van der Waals surface area contributed by atoms with E-state index >= 15 is 0 Å². The summed E-state index contributed by atoms with van der Waals surface area (Å²) in [4.78, 5) is 31.1. The molecule has 1 aromatic heterocycles.